The average Bonchev–Trinajstić information content (AvgIpc) is 3.42. The zero-order chi connectivity index (χ0) is 22.4. The van der Waals surface area contributed by atoms with Crippen molar-refractivity contribution in [1.29, 1.82) is 0 Å². The second-order valence-corrected chi connectivity index (χ2v) is 10.3. The molecule has 3 rings (SSSR count). The van der Waals surface area contributed by atoms with Crippen LogP contribution in [0.4, 0.5) is 4.79 Å². The molecular weight excluding hydrogens is 521 g/mol. The summed E-state index contributed by atoms with van der Waals surface area (Å²) < 4.78 is 5.53. The lowest BCUT2D eigenvalue weighted by Gasteiger charge is -2.34. The van der Waals surface area contributed by atoms with Gasteiger partial charge < -0.3 is 25.2 Å². The Hall–Kier alpha value is -1.26. The molecule has 2 aliphatic heterocycles. The molecule has 0 aromatic carbocycles. The predicted octanol–water partition coefficient (Wildman–Crippen LogP) is 3.21. The van der Waals surface area contributed by atoms with Crippen LogP contribution in [-0.4, -0.2) is 79.2 Å². The lowest BCUT2D eigenvalue weighted by molar-refractivity contribution is -0.134. The first-order chi connectivity index (χ1) is 14.7. The molecule has 0 radical (unpaired) electrons. The zero-order valence-corrected chi connectivity index (χ0v) is 22.5. The largest absolute Gasteiger partial charge is 0.444 e. The summed E-state index contributed by atoms with van der Waals surface area (Å²) in [7, 11) is 1.78. The molecule has 32 heavy (non-hydrogen) atoms. The quantitative estimate of drug-likeness (QED) is 0.312. The molecule has 0 spiro atoms. The molecule has 2 N–H and O–H groups in total. The van der Waals surface area contributed by atoms with E-state index in [0.29, 0.717) is 18.4 Å². The molecular formula is C23H42IN5O3. The number of piperidine rings is 1. The van der Waals surface area contributed by atoms with Gasteiger partial charge in [0.15, 0.2) is 5.96 Å². The molecule has 2 unspecified atom stereocenters. The number of likely N-dealkylation sites (tertiary alicyclic amines) is 2. The molecule has 2 amide bonds. The Morgan fingerprint density at radius 1 is 1.00 bits per heavy atom. The summed E-state index contributed by atoms with van der Waals surface area (Å²) >= 11 is 0. The maximum absolute atomic E-state index is 12.7. The van der Waals surface area contributed by atoms with E-state index in [1.54, 1.807) is 7.05 Å². The van der Waals surface area contributed by atoms with Gasteiger partial charge in [0, 0.05) is 51.7 Å². The van der Waals surface area contributed by atoms with Crippen LogP contribution >= 0.6 is 24.0 Å². The van der Waals surface area contributed by atoms with Crippen molar-refractivity contribution < 1.29 is 14.3 Å². The van der Waals surface area contributed by atoms with E-state index in [0.717, 1.165) is 64.2 Å². The average molecular weight is 564 g/mol. The SMILES string of the molecule is CN=C(NCC1CCCN(C(=O)OC(C)(C)C)C1)NC1CCN(C(=O)C2CCCC2)C1.I. The number of aliphatic imine (C=N–C) groups is 1. The number of ether oxygens (including phenoxy) is 1. The van der Waals surface area contributed by atoms with Crippen molar-refractivity contribution in [1.82, 2.24) is 20.4 Å². The van der Waals surface area contributed by atoms with Gasteiger partial charge in [-0.25, -0.2) is 4.79 Å². The molecule has 9 heteroatoms. The number of rotatable bonds is 4. The number of carbonyl (C=O) groups excluding carboxylic acids is 2. The normalized spacial score (nSPS) is 24.8. The van der Waals surface area contributed by atoms with Crippen LogP contribution in [0, 0.1) is 11.8 Å². The molecule has 2 atom stereocenters. The number of guanidine groups is 1. The summed E-state index contributed by atoms with van der Waals surface area (Å²) in [6, 6.07) is 0.237. The molecule has 1 aliphatic carbocycles. The van der Waals surface area contributed by atoms with Gasteiger partial charge in [-0.3, -0.25) is 9.79 Å². The smallest absolute Gasteiger partial charge is 0.410 e. The van der Waals surface area contributed by atoms with E-state index >= 15 is 0 Å². The summed E-state index contributed by atoms with van der Waals surface area (Å²) in [6.07, 6.45) is 7.28. The summed E-state index contributed by atoms with van der Waals surface area (Å²) in [5.74, 6) is 1.72. The minimum atomic E-state index is -0.470. The molecule has 0 aromatic heterocycles. The minimum absolute atomic E-state index is 0. The first kappa shape index (κ1) is 27.0. The number of carbonyl (C=O) groups is 2. The highest BCUT2D eigenvalue weighted by atomic mass is 127. The van der Waals surface area contributed by atoms with E-state index in [9.17, 15) is 9.59 Å². The molecule has 0 bridgehead atoms. The first-order valence-electron chi connectivity index (χ1n) is 12.0. The lowest BCUT2D eigenvalue weighted by atomic mass is 9.98. The second-order valence-electron chi connectivity index (χ2n) is 10.3. The van der Waals surface area contributed by atoms with Crippen molar-refractivity contribution in [3.05, 3.63) is 0 Å². The van der Waals surface area contributed by atoms with Gasteiger partial charge in [0.2, 0.25) is 5.91 Å². The highest BCUT2D eigenvalue weighted by Crippen LogP contribution is 2.28. The highest BCUT2D eigenvalue weighted by molar-refractivity contribution is 14.0. The predicted molar refractivity (Wildman–Crippen MR) is 137 cm³/mol. The van der Waals surface area contributed by atoms with Crippen molar-refractivity contribution in [2.24, 2.45) is 16.8 Å². The summed E-state index contributed by atoms with van der Waals surface area (Å²) in [6.45, 7) is 9.50. The van der Waals surface area contributed by atoms with Gasteiger partial charge in [0.25, 0.3) is 0 Å². The van der Waals surface area contributed by atoms with Crippen molar-refractivity contribution in [2.75, 3.05) is 39.8 Å². The molecule has 8 nitrogen and oxygen atoms in total. The molecule has 0 aromatic rings. The number of hydrogen-bond acceptors (Lipinski definition) is 4. The van der Waals surface area contributed by atoms with Gasteiger partial charge in [-0.1, -0.05) is 12.8 Å². The maximum atomic E-state index is 12.7. The van der Waals surface area contributed by atoms with Crippen molar-refractivity contribution in [2.45, 2.75) is 77.4 Å². The molecule has 1 saturated carbocycles. The summed E-state index contributed by atoms with van der Waals surface area (Å²) in [5, 5.41) is 6.92. The van der Waals surface area contributed by atoms with Crippen molar-refractivity contribution >= 4 is 41.9 Å². The standard InChI is InChI=1S/C23H41N5O3.HI/c1-23(2,3)31-22(30)28-12-7-8-17(15-28)14-25-21(24-4)26-19-11-13-27(16-19)20(29)18-9-5-6-10-18;/h17-19H,5-16H2,1-4H3,(H2,24,25,26);1H. The van der Waals surface area contributed by atoms with Crippen molar-refractivity contribution in [3.63, 3.8) is 0 Å². The van der Waals surface area contributed by atoms with Gasteiger partial charge in [0.1, 0.15) is 5.60 Å². The third kappa shape index (κ3) is 7.95. The van der Waals surface area contributed by atoms with Crippen LogP contribution in [0.5, 0.6) is 0 Å². The fraction of sp³-hybridized carbons (Fsp3) is 0.870. The van der Waals surface area contributed by atoms with E-state index in [2.05, 4.69) is 15.6 Å². The highest BCUT2D eigenvalue weighted by Gasteiger charge is 2.33. The molecule has 3 aliphatic rings. The molecule has 2 heterocycles. The van der Waals surface area contributed by atoms with E-state index in [1.165, 1.54) is 12.8 Å². The number of nitrogens with zero attached hydrogens (tertiary/aromatic N) is 3. The third-order valence-electron chi connectivity index (χ3n) is 6.50. The maximum Gasteiger partial charge on any atom is 0.410 e. The molecule has 2 saturated heterocycles. The van der Waals surface area contributed by atoms with Crippen LogP contribution < -0.4 is 10.6 Å². The van der Waals surface area contributed by atoms with Gasteiger partial charge in [0.05, 0.1) is 0 Å². The number of halogens is 1. The Balaban J connectivity index is 0.00000363. The fourth-order valence-corrected chi connectivity index (χ4v) is 4.86. The summed E-state index contributed by atoms with van der Waals surface area (Å²) in [4.78, 5) is 33.3. The van der Waals surface area contributed by atoms with Gasteiger partial charge in [-0.05, 0) is 58.8 Å². The Labute approximate surface area is 210 Å². The second kappa shape index (κ2) is 12.3. The Morgan fingerprint density at radius 3 is 2.38 bits per heavy atom. The number of amides is 2. The van der Waals surface area contributed by atoms with E-state index in [4.69, 9.17) is 4.74 Å². The van der Waals surface area contributed by atoms with Crippen LogP contribution in [0.15, 0.2) is 4.99 Å². The van der Waals surface area contributed by atoms with Gasteiger partial charge in [-0.15, -0.1) is 24.0 Å². The topological polar surface area (TPSA) is 86.3 Å². The van der Waals surface area contributed by atoms with Crippen molar-refractivity contribution in [3.8, 4) is 0 Å². The Morgan fingerprint density at radius 2 is 1.72 bits per heavy atom. The van der Waals surface area contributed by atoms with Crippen LogP contribution in [0.25, 0.3) is 0 Å². The molecule has 3 fully saturated rings. The van der Waals surface area contributed by atoms with Gasteiger partial charge >= 0.3 is 6.09 Å². The van der Waals surface area contributed by atoms with E-state index < -0.39 is 5.60 Å². The van der Waals surface area contributed by atoms with Crippen LogP contribution in [0.3, 0.4) is 0 Å². The van der Waals surface area contributed by atoms with Crippen LogP contribution in [-0.2, 0) is 9.53 Å². The Kier molecular flexibility index (Phi) is 10.4. The monoisotopic (exact) mass is 563 g/mol. The van der Waals surface area contributed by atoms with E-state index in [1.807, 2.05) is 30.6 Å². The van der Waals surface area contributed by atoms with Crippen LogP contribution in [0.1, 0.15) is 65.7 Å². The number of nitrogens with one attached hydrogen (secondary N) is 2. The van der Waals surface area contributed by atoms with Crippen LogP contribution in [0.2, 0.25) is 0 Å². The Bertz CT molecular complexity index is 661. The third-order valence-corrected chi connectivity index (χ3v) is 6.50. The van der Waals surface area contributed by atoms with Gasteiger partial charge in [-0.2, -0.15) is 0 Å². The van der Waals surface area contributed by atoms with E-state index in [-0.39, 0.29) is 42.0 Å². The lowest BCUT2D eigenvalue weighted by Crippen LogP contribution is -2.49. The first-order valence-corrected chi connectivity index (χ1v) is 12.0. The zero-order valence-electron chi connectivity index (χ0n) is 20.2. The summed E-state index contributed by atoms with van der Waals surface area (Å²) in [5.41, 5.74) is -0.470. The molecule has 184 valence electrons. The number of hydrogen-bond donors (Lipinski definition) is 2. The minimum Gasteiger partial charge on any atom is -0.444 e. The fourth-order valence-electron chi connectivity index (χ4n) is 4.86.